The first kappa shape index (κ1) is 15.4. The van der Waals surface area contributed by atoms with Gasteiger partial charge in [-0.3, -0.25) is 0 Å². The fourth-order valence-corrected chi connectivity index (χ4v) is 2.81. The average Bonchev–Trinajstić information content (AvgIpc) is 2.40. The first-order valence-electron chi connectivity index (χ1n) is 6.64. The third kappa shape index (κ3) is 3.01. The van der Waals surface area contributed by atoms with Gasteiger partial charge in [0, 0.05) is 10.0 Å². The van der Waals surface area contributed by atoms with Crippen LogP contribution in [0.4, 0.5) is 0 Å². The van der Waals surface area contributed by atoms with Gasteiger partial charge in [-0.1, -0.05) is 41.4 Å². The van der Waals surface area contributed by atoms with E-state index >= 15 is 0 Å². The zero-order chi connectivity index (χ0) is 14.9. The molecule has 2 aromatic rings. The summed E-state index contributed by atoms with van der Waals surface area (Å²) in [7, 11) is 1.96. The summed E-state index contributed by atoms with van der Waals surface area (Å²) in [5.41, 5.74) is 5.75. The highest BCUT2D eigenvalue weighted by atomic mass is 35.5. The van der Waals surface area contributed by atoms with Gasteiger partial charge in [0.1, 0.15) is 0 Å². The Morgan fingerprint density at radius 2 is 1.50 bits per heavy atom. The molecule has 1 unspecified atom stereocenters. The number of nitrogens with one attached hydrogen (secondary N) is 1. The van der Waals surface area contributed by atoms with Gasteiger partial charge in [-0.15, -0.1) is 0 Å². The molecule has 0 aromatic heterocycles. The summed E-state index contributed by atoms with van der Waals surface area (Å²) in [5.74, 6) is 0. The van der Waals surface area contributed by atoms with E-state index in [1.54, 1.807) is 0 Å². The number of hydrogen-bond acceptors (Lipinski definition) is 1. The van der Waals surface area contributed by atoms with Crippen LogP contribution in [-0.4, -0.2) is 7.05 Å². The summed E-state index contributed by atoms with van der Waals surface area (Å²) in [6.45, 7) is 6.12. The molecule has 0 amide bonds. The van der Waals surface area contributed by atoms with Gasteiger partial charge in [-0.25, -0.2) is 0 Å². The Bertz CT molecular complexity index is 635. The van der Waals surface area contributed by atoms with Crippen LogP contribution in [0, 0.1) is 20.8 Å². The van der Waals surface area contributed by atoms with E-state index in [0.29, 0.717) is 0 Å². The molecule has 0 heterocycles. The van der Waals surface area contributed by atoms with Crippen molar-refractivity contribution in [3.8, 4) is 0 Å². The molecule has 0 bridgehead atoms. The van der Waals surface area contributed by atoms with E-state index in [0.717, 1.165) is 26.7 Å². The second-order valence-electron chi connectivity index (χ2n) is 5.19. The molecule has 0 radical (unpaired) electrons. The lowest BCUT2D eigenvalue weighted by molar-refractivity contribution is 0.687. The fraction of sp³-hybridized carbons (Fsp3) is 0.294. The first-order chi connectivity index (χ1) is 9.43. The van der Waals surface area contributed by atoms with Crippen molar-refractivity contribution in [3.63, 3.8) is 0 Å². The number of benzene rings is 2. The van der Waals surface area contributed by atoms with Crippen LogP contribution in [0.25, 0.3) is 0 Å². The van der Waals surface area contributed by atoms with Crippen LogP contribution in [0.3, 0.4) is 0 Å². The molecule has 0 aliphatic heterocycles. The number of hydrogen-bond donors (Lipinski definition) is 1. The van der Waals surface area contributed by atoms with Crippen LogP contribution in [0.5, 0.6) is 0 Å². The topological polar surface area (TPSA) is 12.0 Å². The fourth-order valence-electron chi connectivity index (χ4n) is 2.40. The van der Waals surface area contributed by atoms with Crippen molar-refractivity contribution in [1.82, 2.24) is 5.32 Å². The van der Waals surface area contributed by atoms with Crippen molar-refractivity contribution in [2.45, 2.75) is 26.8 Å². The SMILES string of the molecule is CNC(c1ccc(C)c(Cl)c1)c1cc(C)c(Cl)cc1C. The summed E-state index contributed by atoms with van der Waals surface area (Å²) in [6, 6.07) is 10.5. The standard InChI is InChI=1S/C17H19Cl2N/c1-10-5-6-13(9-16(10)19)17(20-4)14-7-12(3)15(18)8-11(14)2/h5-9,17,20H,1-4H3. The number of aryl methyl sites for hydroxylation is 3. The van der Waals surface area contributed by atoms with E-state index in [4.69, 9.17) is 23.2 Å². The second kappa shape index (κ2) is 6.17. The summed E-state index contributed by atoms with van der Waals surface area (Å²) in [6.07, 6.45) is 0. The zero-order valence-corrected chi connectivity index (χ0v) is 13.7. The molecular formula is C17H19Cl2N. The van der Waals surface area contributed by atoms with E-state index in [2.05, 4.69) is 30.4 Å². The molecule has 0 aliphatic rings. The van der Waals surface area contributed by atoms with E-state index in [9.17, 15) is 0 Å². The normalized spacial score (nSPS) is 12.5. The molecular weight excluding hydrogens is 289 g/mol. The quantitative estimate of drug-likeness (QED) is 0.819. The minimum Gasteiger partial charge on any atom is -0.309 e. The largest absolute Gasteiger partial charge is 0.309 e. The molecule has 0 aliphatic carbocycles. The highest BCUT2D eigenvalue weighted by molar-refractivity contribution is 6.31. The molecule has 1 N–H and O–H groups in total. The van der Waals surface area contributed by atoms with E-state index < -0.39 is 0 Å². The van der Waals surface area contributed by atoms with Crippen molar-refractivity contribution >= 4 is 23.2 Å². The van der Waals surface area contributed by atoms with Crippen molar-refractivity contribution in [2.75, 3.05) is 7.05 Å². The van der Waals surface area contributed by atoms with Crippen molar-refractivity contribution in [3.05, 3.63) is 68.2 Å². The zero-order valence-electron chi connectivity index (χ0n) is 12.2. The molecule has 3 heteroatoms. The molecule has 106 valence electrons. The monoisotopic (exact) mass is 307 g/mol. The molecule has 2 rings (SSSR count). The predicted molar refractivity (Wildman–Crippen MR) is 88.0 cm³/mol. The third-order valence-corrected chi connectivity index (χ3v) is 4.49. The van der Waals surface area contributed by atoms with Gasteiger partial charge < -0.3 is 5.32 Å². The van der Waals surface area contributed by atoms with Gasteiger partial charge in [0.15, 0.2) is 0 Å². The summed E-state index contributed by atoms with van der Waals surface area (Å²) >= 11 is 12.4. The highest BCUT2D eigenvalue weighted by Gasteiger charge is 2.16. The van der Waals surface area contributed by atoms with Crippen LogP contribution in [0.2, 0.25) is 10.0 Å². The Hall–Kier alpha value is -1.02. The Labute approximate surface area is 130 Å². The summed E-state index contributed by atoms with van der Waals surface area (Å²) in [4.78, 5) is 0. The first-order valence-corrected chi connectivity index (χ1v) is 7.39. The van der Waals surface area contributed by atoms with Crippen LogP contribution in [-0.2, 0) is 0 Å². The summed E-state index contributed by atoms with van der Waals surface area (Å²) in [5, 5.41) is 4.97. The van der Waals surface area contributed by atoms with E-state index in [1.165, 1.54) is 11.1 Å². The molecule has 20 heavy (non-hydrogen) atoms. The van der Waals surface area contributed by atoms with Crippen LogP contribution in [0.15, 0.2) is 30.3 Å². The molecule has 1 atom stereocenters. The molecule has 2 aromatic carbocycles. The van der Waals surface area contributed by atoms with Crippen LogP contribution < -0.4 is 5.32 Å². The van der Waals surface area contributed by atoms with Gasteiger partial charge in [0.25, 0.3) is 0 Å². The van der Waals surface area contributed by atoms with Crippen molar-refractivity contribution in [1.29, 1.82) is 0 Å². The maximum atomic E-state index is 6.25. The molecule has 0 spiro atoms. The third-order valence-electron chi connectivity index (χ3n) is 3.68. The van der Waals surface area contributed by atoms with Crippen LogP contribution in [0.1, 0.15) is 33.9 Å². The Morgan fingerprint density at radius 1 is 0.850 bits per heavy atom. The lowest BCUT2D eigenvalue weighted by Gasteiger charge is -2.21. The lowest BCUT2D eigenvalue weighted by atomic mass is 9.93. The van der Waals surface area contributed by atoms with E-state index in [-0.39, 0.29) is 6.04 Å². The molecule has 0 saturated heterocycles. The Kier molecular flexibility index (Phi) is 4.74. The number of rotatable bonds is 3. The highest BCUT2D eigenvalue weighted by Crippen LogP contribution is 2.30. The maximum absolute atomic E-state index is 6.25. The van der Waals surface area contributed by atoms with Gasteiger partial charge in [0.2, 0.25) is 0 Å². The Balaban J connectivity index is 2.52. The van der Waals surface area contributed by atoms with Gasteiger partial charge in [-0.2, -0.15) is 0 Å². The number of halogens is 2. The minimum absolute atomic E-state index is 0.115. The predicted octanol–water partition coefficient (Wildman–Crippen LogP) is 5.23. The molecule has 0 fully saturated rings. The van der Waals surface area contributed by atoms with Gasteiger partial charge >= 0.3 is 0 Å². The maximum Gasteiger partial charge on any atom is 0.0577 e. The Morgan fingerprint density at radius 3 is 2.10 bits per heavy atom. The van der Waals surface area contributed by atoms with Gasteiger partial charge in [0.05, 0.1) is 6.04 Å². The molecule has 0 saturated carbocycles. The van der Waals surface area contributed by atoms with Crippen molar-refractivity contribution in [2.24, 2.45) is 0 Å². The average molecular weight is 308 g/mol. The smallest absolute Gasteiger partial charge is 0.0577 e. The lowest BCUT2D eigenvalue weighted by Crippen LogP contribution is -2.19. The van der Waals surface area contributed by atoms with Gasteiger partial charge in [-0.05, 0) is 67.8 Å². The summed E-state index contributed by atoms with van der Waals surface area (Å²) < 4.78 is 0. The van der Waals surface area contributed by atoms with Crippen molar-refractivity contribution < 1.29 is 0 Å². The molecule has 1 nitrogen and oxygen atoms in total. The van der Waals surface area contributed by atoms with Crippen LogP contribution >= 0.6 is 23.2 Å². The van der Waals surface area contributed by atoms with E-state index in [1.807, 2.05) is 33.0 Å². The minimum atomic E-state index is 0.115. The second-order valence-corrected chi connectivity index (χ2v) is 6.00.